The van der Waals surface area contributed by atoms with E-state index in [1.165, 1.54) is 17.4 Å². The predicted octanol–water partition coefficient (Wildman–Crippen LogP) is 3.13. The summed E-state index contributed by atoms with van der Waals surface area (Å²) in [7, 11) is 1.54. The van der Waals surface area contributed by atoms with E-state index in [2.05, 4.69) is 15.6 Å². The van der Waals surface area contributed by atoms with Gasteiger partial charge in [0.05, 0.1) is 23.2 Å². The van der Waals surface area contributed by atoms with Crippen LogP contribution >= 0.6 is 11.3 Å². The zero-order valence-corrected chi connectivity index (χ0v) is 11.8. The number of thiazole rings is 1. The number of hydrogen-bond donors (Lipinski definition) is 2. The minimum absolute atomic E-state index is 0.0446. The summed E-state index contributed by atoms with van der Waals surface area (Å²) in [6.07, 6.45) is -2.89. The van der Waals surface area contributed by atoms with Crippen molar-refractivity contribution in [3.05, 3.63) is 45.9 Å². The highest BCUT2D eigenvalue weighted by molar-refractivity contribution is 7.09. The topological polar surface area (TPSA) is 54.0 Å². The fourth-order valence-electron chi connectivity index (χ4n) is 1.72. The van der Waals surface area contributed by atoms with Gasteiger partial charge in [-0.05, 0) is 18.2 Å². The number of nitrogens with one attached hydrogen (secondary N) is 2. The van der Waals surface area contributed by atoms with E-state index >= 15 is 0 Å². The summed E-state index contributed by atoms with van der Waals surface area (Å²) < 4.78 is 38.2. The van der Waals surface area contributed by atoms with Gasteiger partial charge in [0, 0.05) is 23.8 Å². The molecule has 0 aliphatic heterocycles. The number of aromatic nitrogens is 1. The van der Waals surface area contributed by atoms with Crippen molar-refractivity contribution in [2.75, 3.05) is 12.4 Å². The van der Waals surface area contributed by atoms with Gasteiger partial charge in [-0.1, -0.05) is 0 Å². The third-order valence-electron chi connectivity index (χ3n) is 2.77. The summed E-state index contributed by atoms with van der Waals surface area (Å²) in [6.45, 7) is 0.225. The number of alkyl halides is 3. The fraction of sp³-hybridized carbons (Fsp3) is 0.231. The van der Waals surface area contributed by atoms with Gasteiger partial charge in [-0.25, -0.2) is 0 Å². The van der Waals surface area contributed by atoms with E-state index in [0.717, 1.165) is 17.0 Å². The average molecular weight is 315 g/mol. The molecule has 0 aliphatic carbocycles. The van der Waals surface area contributed by atoms with Gasteiger partial charge in [-0.2, -0.15) is 13.2 Å². The van der Waals surface area contributed by atoms with Crippen molar-refractivity contribution < 1.29 is 18.0 Å². The van der Waals surface area contributed by atoms with Crippen molar-refractivity contribution in [3.63, 3.8) is 0 Å². The second-order valence-corrected chi connectivity index (χ2v) is 5.13. The third-order valence-corrected chi connectivity index (χ3v) is 3.55. The van der Waals surface area contributed by atoms with Crippen LogP contribution in [0.3, 0.4) is 0 Å². The molecule has 0 unspecified atom stereocenters. The highest BCUT2D eigenvalue weighted by atomic mass is 32.1. The SMILES string of the molecule is CNc1ccc(C(F)(F)F)cc1C(=O)NCc1cncs1. The lowest BCUT2D eigenvalue weighted by atomic mass is 10.1. The molecule has 2 N–H and O–H groups in total. The molecule has 0 radical (unpaired) electrons. The Labute approximate surface area is 123 Å². The van der Waals surface area contributed by atoms with E-state index in [4.69, 9.17) is 0 Å². The van der Waals surface area contributed by atoms with Crippen molar-refractivity contribution in [2.24, 2.45) is 0 Å². The lowest BCUT2D eigenvalue weighted by Crippen LogP contribution is -2.24. The Hall–Kier alpha value is -2.09. The van der Waals surface area contributed by atoms with Crippen LogP contribution in [0.1, 0.15) is 20.8 Å². The number of nitrogens with zero attached hydrogens (tertiary/aromatic N) is 1. The van der Waals surface area contributed by atoms with Crippen molar-refractivity contribution in [3.8, 4) is 0 Å². The van der Waals surface area contributed by atoms with Crippen LogP contribution in [0, 0.1) is 0 Å². The van der Waals surface area contributed by atoms with Crippen molar-refractivity contribution >= 4 is 22.9 Å². The molecular formula is C13H12F3N3OS. The molecule has 0 bridgehead atoms. The summed E-state index contributed by atoms with van der Waals surface area (Å²) in [5, 5.41) is 5.29. The van der Waals surface area contributed by atoms with Crippen LogP contribution < -0.4 is 10.6 Å². The number of hydrogen-bond acceptors (Lipinski definition) is 4. The Morgan fingerprint density at radius 1 is 1.38 bits per heavy atom. The molecule has 1 heterocycles. The molecule has 8 heteroatoms. The van der Waals surface area contributed by atoms with Gasteiger partial charge in [0.1, 0.15) is 0 Å². The van der Waals surface area contributed by atoms with Crippen LogP contribution in [0.15, 0.2) is 29.9 Å². The normalized spacial score (nSPS) is 11.2. The fourth-order valence-corrected chi connectivity index (χ4v) is 2.25. The molecule has 0 saturated heterocycles. The molecule has 0 aliphatic rings. The first-order chi connectivity index (χ1) is 9.91. The van der Waals surface area contributed by atoms with Crippen molar-refractivity contribution in [2.45, 2.75) is 12.7 Å². The quantitative estimate of drug-likeness (QED) is 0.911. The second-order valence-electron chi connectivity index (χ2n) is 4.16. The van der Waals surface area contributed by atoms with Crippen molar-refractivity contribution in [1.82, 2.24) is 10.3 Å². The van der Waals surface area contributed by atoms with E-state index in [1.54, 1.807) is 18.8 Å². The molecule has 0 spiro atoms. The Kier molecular flexibility index (Phi) is 4.46. The number of amides is 1. The molecule has 1 amide bonds. The average Bonchev–Trinajstić information content (AvgIpc) is 2.96. The van der Waals surface area contributed by atoms with Crippen LogP contribution in [0.25, 0.3) is 0 Å². The Balaban J connectivity index is 2.21. The standard InChI is InChI=1S/C13H12F3N3OS/c1-17-11-3-2-8(13(14,15)16)4-10(11)12(20)19-6-9-5-18-7-21-9/h2-5,7,17H,6H2,1H3,(H,19,20). The summed E-state index contributed by atoms with van der Waals surface area (Å²) in [4.78, 5) is 16.7. The second kappa shape index (κ2) is 6.13. The van der Waals surface area contributed by atoms with Crippen LogP contribution in [0.4, 0.5) is 18.9 Å². The first kappa shape index (κ1) is 15.3. The highest BCUT2D eigenvalue weighted by Gasteiger charge is 2.31. The summed E-state index contributed by atoms with van der Waals surface area (Å²) in [5.41, 5.74) is 1.05. The molecule has 1 aromatic heterocycles. The first-order valence-corrected chi connectivity index (χ1v) is 6.84. The minimum Gasteiger partial charge on any atom is -0.387 e. The summed E-state index contributed by atoms with van der Waals surface area (Å²) in [6, 6.07) is 3.02. The van der Waals surface area contributed by atoms with Crippen LogP contribution in [0.5, 0.6) is 0 Å². The molecule has 112 valence electrons. The number of rotatable bonds is 4. The smallest absolute Gasteiger partial charge is 0.387 e. The van der Waals surface area contributed by atoms with E-state index in [1.807, 2.05) is 0 Å². The Morgan fingerprint density at radius 3 is 2.71 bits per heavy atom. The van der Waals surface area contributed by atoms with E-state index in [-0.39, 0.29) is 12.1 Å². The van der Waals surface area contributed by atoms with Gasteiger partial charge >= 0.3 is 6.18 Å². The third kappa shape index (κ3) is 3.72. The zero-order chi connectivity index (χ0) is 15.5. The van der Waals surface area contributed by atoms with Gasteiger partial charge in [-0.15, -0.1) is 11.3 Å². The molecule has 21 heavy (non-hydrogen) atoms. The Bertz CT molecular complexity index is 626. The first-order valence-electron chi connectivity index (χ1n) is 5.96. The molecule has 0 fully saturated rings. The number of benzene rings is 1. The molecule has 4 nitrogen and oxygen atoms in total. The molecule has 2 aromatic rings. The zero-order valence-electron chi connectivity index (χ0n) is 11.0. The maximum atomic E-state index is 12.7. The van der Waals surface area contributed by atoms with Gasteiger partial charge in [0.25, 0.3) is 5.91 Å². The molecule has 0 atom stereocenters. The molecule has 0 saturated carbocycles. The van der Waals surface area contributed by atoms with Crippen LogP contribution in [-0.2, 0) is 12.7 Å². The maximum Gasteiger partial charge on any atom is 0.416 e. The van der Waals surface area contributed by atoms with E-state index < -0.39 is 17.6 Å². The largest absolute Gasteiger partial charge is 0.416 e. The lowest BCUT2D eigenvalue weighted by molar-refractivity contribution is -0.137. The minimum atomic E-state index is -4.49. The van der Waals surface area contributed by atoms with Gasteiger partial charge in [-0.3, -0.25) is 9.78 Å². The maximum absolute atomic E-state index is 12.7. The van der Waals surface area contributed by atoms with Gasteiger partial charge in [0.15, 0.2) is 0 Å². The van der Waals surface area contributed by atoms with Crippen molar-refractivity contribution in [1.29, 1.82) is 0 Å². The molecule has 2 rings (SSSR count). The van der Waals surface area contributed by atoms with Crippen LogP contribution in [0.2, 0.25) is 0 Å². The number of anilines is 1. The predicted molar refractivity (Wildman–Crippen MR) is 74.3 cm³/mol. The number of carbonyl (C=O) groups excluding carboxylic acids is 1. The highest BCUT2D eigenvalue weighted by Crippen LogP contribution is 2.31. The number of halogens is 3. The lowest BCUT2D eigenvalue weighted by Gasteiger charge is -2.13. The molecule has 1 aromatic carbocycles. The molecular weight excluding hydrogens is 303 g/mol. The van der Waals surface area contributed by atoms with Gasteiger partial charge < -0.3 is 10.6 Å². The summed E-state index contributed by atoms with van der Waals surface area (Å²) in [5.74, 6) is -0.571. The van der Waals surface area contributed by atoms with E-state index in [0.29, 0.717) is 5.69 Å². The number of carbonyl (C=O) groups is 1. The summed E-state index contributed by atoms with van der Waals surface area (Å²) >= 11 is 1.36. The van der Waals surface area contributed by atoms with Crippen LogP contribution in [-0.4, -0.2) is 17.9 Å². The Morgan fingerprint density at radius 2 is 2.14 bits per heavy atom. The van der Waals surface area contributed by atoms with Gasteiger partial charge in [0.2, 0.25) is 0 Å². The monoisotopic (exact) mass is 315 g/mol. The van der Waals surface area contributed by atoms with E-state index in [9.17, 15) is 18.0 Å².